The van der Waals surface area contributed by atoms with E-state index in [2.05, 4.69) is 30.4 Å². The number of nitrogens with two attached hydrogens (primary N) is 1. The molecule has 0 spiro atoms. The maximum atomic E-state index is 11.5. The van der Waals surface area contributed by atoms with E-state index in [0.29, 0.717) is 17.5 Å². The molecule has 2 aromatic carbocycles. The monoisotopic (exact) mass is 492 g/mol. The average molecular weight is 493 g/mol. The predicted octanol–water partition coefficient (Wildman–Crippen LogP) is 4.73. The van der Waals surface area contributed by atoms with Crippen molar-refractivity contribution in [2.45, 2.75) is 70.4 Å². The number of hydrogen-bond acceptors (Lipinski definition) is 5. The summed E-state index contributed by atoms with van der Waals surface area (Å²) >= 11 is 0. The molecular formula is C30H40N2O4. The number of amides is 1. The normalized spacial score (nSPS) is 28.1. The zero-order valence-electron chi connectivity index (χ0n) is 21.3. The molecule has 1 amide bonds. The molecule has 0 aliphatic heterocycles. The Kier molecular flexibility index (Phi) is 7.27. The maximum Gasteiger partial charge on any atom is 0.252 e. The minimum Gasteiger partial charge on any atom is -0.507 e. The van der Waals surface area contributed by atoms with Crippen LogP contribution in [0.25, 0.3) is 0 Å². The molecule has 6 rings (SSSR count). The second kappa shape index (κ2) is 10.4. The van der Waals surface area contributed by atoms with Crippen molar-refractivity contribution in [2.75, 3.05) is 13.2 Å². The lowest BCUT2D eigenvalue weighted by atomic mass is 9.49. The quantitative estimate of drug-likeness (QED) is 0.363. The molecule has 4 saturated carbocycles. The molecular weight excluding hydrogens is 452 g/mol. The molecule has 0 radical (unpaired) electrons. The Morgan fingerprint density at radius 1 is 1.11 bits per heavy atom. The van der Waals surface area contributed by atoms with Crippen molar-refractivity contribution in [3.05, 3.63) is 59.2 Å². The number of aliphatic hydroxyl groups is 1. The zero-order chi connectivity index (χ0) is 25.3. The molecule has 6 heteroatoms. The summed E-state index contributed by atoms with van der Waals surface area (Å²) in [5.41, 5.74) is 7.58. The van der Waals surface area contributed by atoms with Crippen LogP contribution in [0.15, 0.2) is 42.5 Å². The minimum atomic E-state index is -0.814. The lowest BCUT2D eigenvalue weighted by Crippen LogP contribution is -2.46. The summed E-state index contributed by atoms with van der Waals surface area (Å²) in [5.74, 6) is 2.97. The first kappa shape index (κ1) is 25.1. The summed E-state index contributed by atoms with van der Waals surface area (Å²) in [6.45, 7) is 3.21. The summed E-state index contributed by atoms with van der Waals surface area (Å²) in [4.78, 5) is 11.5. The van der Waals surface area contributed by atoms with Gasteiger partial charge in [0.05, 0.1) is 18.3 Å². The van der Waals surface area contributed by atoms with Gasteiger partial charge in [-0.2, -0.15) is 0 Å². The minimum absolute atomic E-state index is 0.0135. The summed E-state index contributed by atoms with van der Waals surface area (Å²) in [6, 6.07) is 12.9. The van der Waals surface area contributed by atoms with Crippen LogP contribution < -0.4 is 15.8 Å². The van der Waals surface area contributed by atoms with Crippen LogP contribution in [0.3, 0.4) is 0 Å². The van der Waals surface area contributed by atoms with E-state index in [-0.39, 0.29) is 17.4 Å². The Balaban J connectivity index is 1.09. The first-order valence-corrected chi connectivity index (χ1v) is 13.5. The van der Waals surface area contributed by atoms with Crippen molar-refractivity contribution in [3.8, 4) is 11.5 Å². The number of carbonyl (C=O) groups excluding carboxylic acids is 1. The molecule has 0 heterocycles. The van der Waals surface area contributed by atoms with Crippen molar-refractivity contribution in [1.82, 2.24) is 5.32 Å². The fourth-order valence-corrected chi connectivity index (χ4v) is 7.56. The van der Waals surface area contributed by atoms with Gasteiger partial charge in [-0.05, 0) is 117 Å². The third-order valence-corrected chi connectivity index (χ3v) is 8.84. The van der Waals surface area contributed by atoms with E-state index in [1.807, 2.05) is 6.07 Å². The highest BCUT2D eigenvalue weighted by Crippen LogP contribution is 2.61. The SMILES string of the molecule is C[C@H](Cc1cccc(OCCC23CC4CC(CC(C4)C2)C3)c1)NC[C@H](O)c1ccc(O)c(C(N)=O)c1. The second-order valence-corrected chi connectivity index (χ2v) is 11.8. The third kappa shape index (κ3) is 5.70. The number of rotatable bonds is 11. The molecule has 194 valence electrons. The molecule has 4 fully saturated rings. The smallest absolute Gasteiger partial charge is 0.252 e. The van der Waals surface area contributed by atoms with Crippen LogP contribution in [0.4, 0.5) is 0 Å². The van der Waals surface area contributed by atoms with Gasteiger partial charge in [0.1, 0.15) is 11.5 Å². The third-order valence-electron chi connectivity index (χ3n) is 8.84. The van der Waals surface area contributed by atoms with Gasteiger partial charge < -0.3 is 26.0 Å². The highest BCUT2D eigenvalue weighted by molar-refractivity contribution is 5.95. The topological polar surface area (TPSA) is 105 Å². The van der Waals surface area contributed by atoms with Gasteiger partial charge in [-0.15, -0.1) is 0 Å². The number of aromatic hydroxyl groups is 1. The fraction of sp³-hybridized carbons (Fsp3) is 0.567. The molecule has 0 unspecified atom stereocenters. The maximum absolute atomic E-state index is 11.5. The van der Waals surface area contributed by atoms with Crippen LogP contribution >= 0.6 is 0 Å². The van der Waals surface area contributed by atoms with Gasteiger partial charge in [0.25, 0.3) is 5.91 Å². The number of hydrogen-bond donors (Lipinski definition) is 4. The van der Waals surface area contributed by atoms with E-state index in [1.54, 1.807) is 6.07 Å². The average Bonchev–Trinajstić information content (AvgIpc) is 2.82. The van der Waals surface area contributed by atoms with Crippen LogP contribution in [0, 0.1) is 23.2 Å². The van der Waals surface area contributed by atoms with Crippen molar-refractivity contribution in [2.24, 2.45) is 28.9 Å². The van der Waals surface area contributed by atoms with Crippen molar-refractivity contribution in [1.29, 1.82) is 0 Å². The van der Waals surface area contributed by atoms with E-state index in [9.17, 15) is 15.0 Å². The van der Waals surface area contributed by atoms with E-state index in [0.717, 1.165) is 36.5 Å². The highest BCUT2D eigenvalue weighted by atomic mass is 16.5. The molecule has 0 aromatic heterocycles. The van der Waals surface area contributed by atoms with Crippen molar-refractivity contribution < 1.29 is 19.7 Å². The lowest BCUT2D eigenvalue weighted by Gasteiger charge is -2.57. The zero-order valence-corrected chi connectivity index (χ0v) is 21.3. The predicted molar refractivity (Wildman–Crippen MR) is 140 cm³/mol. The standard InChI is InChI=1S/C30H40N2O4/c1-19(32-18-28(34)24-5-6-27(33)26(14-24)29(31)35)9-20-3-2-4-25(13-20)36-8-7-30-15-21-10-22(16-30)12-23(11-21)17-30/h2-6,13-14,19,21-23,28,32-34H,7-12,15-18H2,1H3,(H2,31,35)/t19-,21?,22?,23?,28+,30?/m1/s1. The summed E-state index contributed by atoms with van der Waals surface area (Å²) in [5, 5.41) is 23.7. The lowest BCUT2D eigenvalue weighted by molar-refractivity contribution is -0.0622. The van der Waals surface area contributed by atoms with Crippen LogP contribution in [0.1, 0.15) is 79.5 Å². The number of nitrogens with one attached hydrogen (secondary N) is 1. The van der Waals surface area contributed by atoms with Gasteiger partial charge in [-0.3, -0.25) is 4.79 Å². The molecule has 2 aromatic rings. The Labute approximate surface area is 214 Å². The number of aliphatic hydroxyl groups excluding tert-OH is 1. The van der Waals surface area contributed by atoms with E-state index < -0.39 is 12.0 Å². The van der Waals surface area contributed by atoms with E-state index in [1.165, 1.54) is 62.6 Å². The molecule has 4 aliphatic rings. The van der Waals surface area contributed by atoms with Gasteiger partial charge in [0.15, 0.2) is 0 Å². The van der Waals surface area contributed by atoms with Gasteiger partial charge in [0, 0.05) is 12.6 Å². The molecule has 2 atom stereocenters. The number of ether oxygens (including phenoxy) is 1. The Morgan fingerprint density at radius 3 is 2.47 bits per heavy atom. The van der Waals surface area contributed by atoms with Crippen LogP contribution in [-0.2, 0) is 6.42 Å². The summed E-state index contributed by atoms with van der Waals surface area (Å²) < 4.78 is 6.24. The van der Waals surface area contributed by atoms with Gasteiger partial charge in [0.2, 0.25) is 0 Å². The van der Waals surface area contributed by atoms with Gasteiger partial charge >= 0.3 is 0 Å². The number of primary amides is 1. The number of carbonyl (C=O) groups is 1. The Morgan fingerprint density at radius 2 is 1.81 bits per heavy atom. The second-order valence-electron chi connectivity index (χ2n) is 11.8. The summed E-state index contributed by atoms with van der Waals surface area (Å²) in [7, 11) is 0. The molecule has 0 saturated heterocycles. The van der Waals surface area contributed by atoms with Gasteiger partial charge in [-0.1, -0.05) is 18.2 Å². The van der Waals surface area contributed by atoms with Crippen LogP contribution in [0.2, 0.25) is 0 Å². The number of phenols is 1. The van der Waals surface area contributed by atoms with E-state index in [4.69, 9.17) is 10.5 Å². The van der Waals surface area contributed by atoms with Crippen LogP contribution in [0.5, 0.6) is 11.5 Å². The van der Waals surface area contributed by atoms with Crippen molar-refractivity contribution in [3.63, 3.8) is 0 Å². The highest BCUT2D eigenvalue weighted by Gasteiger charge is 2.50. The largest absolute Gasteiger partial charge is 0.507 e. The fourth-order valence-electron chi connectivity index (χ4n) is 7.56. The van der Waals surface area contributed by atoms with Crippen molar-refractivity contribution >= 4 is 5.91 Å². The first-order chi connectivity index (χ1) is 17.3. The molecule has 36 heavy (non-hydrogen) atoms. The van der Waals surface area contributed by atoms with E-state index >= 15 is 0 Å². The number of benzene rings is 2. The first-order valence-electron chi connectivity index (χ1n) is 13.5. The van der Waals surface area contributed by atoms with Gasteiger partial charge in [-0.25, -0.2) is 0 Å². The molecule has 6 nitrogen and oxygen atoms in total. The van der Waals surface area contributed by atoms with Crippen LogP contribution in [-0.4, -0.2) is 35.3 Å². The molecule has 4 bridgehead atoms. The Bertz CT molecular complexity index is 1050. The summed E-state index contributed by atoms with van der Waals surface area (Å²) in [6.07, 6.45) is 9.89. The molecule has 5 N–H and O–H groups in total. The molecule has 4 aliphatic carbocycles. The Hall–Kier alpha value is -2.57.